The molecule has 19 heavy (non-hydrogen) atoms. The van der Waals surface area contributed by atoms with Gasteiger partial charge in [0.1, 0.15) is 5.75 Å². The van der Waals surface area contributed by atoms with Gasteiger partial charge in [0.25, 0.3) is 0 Å². The van der Waals surface area contributed by atoms with Crippen LogP contribution in [0.25, 0.3) is 11.1 Å². The van der Waals surface area contributed by atoms with E-state index in [-0.39, 0.29) is 5.56 Å². The van der Waals surface area contributed by atoms with Gasteiger partial charge in [-0.25, -0.2) is 4.79 Å². The zero-order valence-electron chi connectivity index (χ0n) is 9.98. The van der Waals surface area contributed by atoms with Crippen molar-refractivity contribution < 1.29 is 14.6 Å². The number of methoxy groups -OCH3 is 1. The minimum Gasteiger partial charge on any atom is -0.496 e. The van der Waals surface area contributed by atoms with Crippen molar-refractivity contribution in [2.24, 2.45) is 0 Å². The first-order valence-electron chi connectivity index (χ1n) is 5.39. The molecule has 0 atom stereocenters. The molecule has 0 saturated heterocycles. The van der Waals surface area contributed by atoms with Crippen molar-refractivity contribution in [3.8, 4) is 16.9 Å². The highest BCUT2D eigenvalue weighted by molar-refractivity contribution is 6.35. The lowest BCUT2D eigenvalue weighted by Gasteiger charge is -2.11. The fraction of sp³-hybridized carbons (Fsp3) is 0.0714. The smallest absolute Gasteiger partial charge is 0.335 e. The van der Waals surface area contributed by atoms with Gasteiger partial charge in [0.15, 0.2) is 0 Å². The largest absolute Gasteiger partial charge is 0.496 e. The molecule has 0 radical (unpaired) electrons. The molecule has 1 N–H and O–H groups in total. The second-order valence-corrected chi connectivity index (χ2v) is 4.69. The summed E-state index contributed by atoms with van der Waals surface area (Å²) < 4.78 is 5.23. The maximum Gasteiger partial charge on any atom is 0.335 e. The molecule has 0 fully saturated rings. The molecule has 0 aliphatic rings. The summed E-state index contributed by atoms with van der Waals surface area (Å²) in [6.45, 7) is 0. The molecule has 0 saturated carbocycles. The molecule has 0 bridgehead atoms. The molecule has 2 aromatic carbocycles. The molecule has 0 aliphatic heterocycles. The van der Waals surface area contributed by atoms with Crippen LogP contribution in [-0.2, 0) is 0 Å². The highest BCUT2D eigenvalue weighted by Gasteiger charge is 2.13. The average molecular weight is 297 g/mol. The van der Waals surface area contributed by atoms with E-state index in [0.717, 1.165) is 0 Å². The van der Waals surface area contributed by atoms with Crippen LogP contribution < -0.4 is 4.74 Å². The summed E-state index contributed by atoms with van der Waals surface area (Å²) in [6, 6.07) is 9.58. The standard InChI is InChI=1S/C14H10Cl2O3/c1-19-13-5-2-8(14(17)18)6-11(13)10-7-9(15)3-4-12(10)16/h2-7H,1H3,(H,17,18). The van der Waals surface area contributed by atoms with Crippen LogP contribution in [0.15, 0.2) is 36.4 Å². The Hall–Kier alpha value is -1.71. The number of hydrogen-bond donors (Lipinski definition) is 1. The summed E-state index contributed by atoms with van der Waals surface area (Å²) in [4.78, 5) is 11.0. The van der Waals surface area contributed by atoms with Crippen molar-refractivity contribution in [3.05, 3.63) is 52.0 Å². The summed E-state index contributed by atoms with van der Waals surface area (Å²) in [5.74, 6) is -0.476. The maximum atomic E-state index is 11.0. The van der Waals surface area contributed by atoms with Gasteiger partial charge in [-0.05, 0) is 36.4 Å². The maximum absolute atomic E-state index is 11.0. The number of carbonyl (C=O) groups is 1. The van der Waals surface area contributed by atoms with Crippen LogP contribution in [0.2, 0.25) is 10.0 Å². The Labute approximate surface area is 120 Å². The molecule has 0 heterocycles. The number of rotatable bonds is 3. The molecular formula is C14H10Cl2O3. The second kappa shape index (κ2) is 5.51. The van der Waals surface area contributed by atoms with Crippen molar-refractivity contribution in [1.82, 2.24) is 0 Å². The fourth-order valence-corrected chi connectivity index (χ4v) is 2.15. The van der Waals surface area contributed by atoms with Gasteiger partial charge in [-0.2, -0.15) is 0 Å². The summed E-state index contributed by atoms with van der Waals surface area (Å²) in [5.41, 5.74) is 1.39. The van der Waals surface area contributed by atoms with E-state index in [9.17, 15) is 4.79 Å². The Morgan fingerprint density at radius 1 is 1.11 bits per heavy atom. The predicted octanol–water partition coefficient (Wildman–Crippen LogP) is 4.37. The van der Waals surface area contributed by atoms with Gasteiger partial charge in [0.2, 0.25) is 0 Å². The number of halogens is 2. The van der Waals surface area contributed by atoms with Gasteiger partial charge < -0.3 is 9.84 Å². The Bertz CT molecular complexity index is 639. The lowest BCUT2D eigenvalue weighted by atomic mass is 10.0. The van der Waals surface area contributed by atoms with Gasteiger partial charge in [0, 0.05) is 21.2 Å². The number of carboxylic acids is 1. The van der Waals surface area contributed by atoms with E-state index in [0.29, 0.717) is 26.9 Å². The molecular weight excluding hydrogens is 287 g/mol. The van der Waals surface area contributed by atoms with Crippen molar-refractivity contribution in [2.75, 3.05) is 7.11 Å². The number of benzene rings is 2. The number of carboxylic acid groups (broad SMARTS) is 1. The van der Waals surface area contributed by atoms with Gasteiger partial charge in [-0.1, -0.05) is 23.2 Å². The van der Waals surface area contributed by atoms with E-state index in [1.165, 1.54) is 19.2 Å². The highest BCUT2D eigenvalue weighted by atomic mass is 35.5. The summed E-state index contributed by atoms with van der Waals surface area (Å²) in [5, 5.41) is 10.0. The minimum absolute atomic E-state index is 0.159. The monoisotopic (exact) mass is 296 g/mol. The van der Waals surface area contributed by atoms with Gasteiger partial charge in [0.05, 0.1) is 12.7 Å². The molecule has 98 valence electrons. The van der Waals surface area contributed by atoms with Crippen molar-refractivity contribution in [3.63, 3.8) is 0 Å². The Morgan fingerprint density at radius 3 is 2.47 bits per heavy atom. The molecule has 0 aliphatic carbocycles. The van der Waals surface area contributed by atoms with E-state index in [4.69, 9.17) is 33.0 Å². The number of aromatic carboxylic acids is 1. The van der Waals surface area contributed by atoms with Crippen molar-refractivity contribution in [1.29, 1.82) is 0 Å². The first kappa shape index (κ1) is 13.7. The van der Waals surface area contributed by atoms with Crippen LogP contribution in [0.1, 0.15) is 10.4 Å². The number of hydrogen-bond acceptors (Lipinski definition) is 2. The molecule has 5 heteroatoms. The zero-order valence-corrected chi connectivity index (χ0v) is 11.5. The molecule has 0 amide bonds. The third kappa shape index (κ3) is 2.83. The minimum atomic E-state index is -1.01. The zero-order chi connectivity index (χ0) is 14.0. The molecule has 2 rings (SSSR count). The van der Waals surface area contributed by atoms with Crippen LogP contribution >= 0.6 is 23.2 Å². The van der Waals surface area contributed by atoms with Crippen molar-refractivity contribution >= 4 is 29.2 Å². The molecule has 3 nitrogen and oxygen atoms in total. The third-order valence-corrected chi connectivity index (χ3v) is 3.23. The topological polar surface area (TPSA) is 46.5 Å². The van der Waals surface area contributed by atoms with E-state index in [1.807, 2.05) is 0 Å². The van der Waals surface area contributed by atoms with Crippen LogP contribution in [0.5, 0.6) is 5.75 Å². The van der Waals surface area contributed by atoms with Gasteiger partial charge in [-0.3, -0.25) is 0 Å². The Morgan fingerprint density at radius 2 is 1.84 bits per heavy atom. The molecule has 0 unspecified atom stereocenters. The highest BCUT2D eigenvalue weighted by Crippen LogP contribution is 2.37. The lowest BCUT2D eigenvalue weighted by Crippen LogP contribution is -1.98. The fourth-order valence-electron chi connectivity index (χ4n) is 1.76. The normalized spacial score (nSPS) is 10.3. The average Bonchev–Trinajstić information content (AvgIpc) is 2.40. The Balaban J connectivity index is 2.68. The first-order valence-corrected chi connectivity index (χ1v) is 6.15. The van der Waals surface area contributed by atoms with Gasteiger partial charge >= 0.3 is 5.97 Å². The molecule has 0 spiro atoms. The van der Waals surface area contributed by atoms with E-state index in [1.54, 1.807) is 24.3 Å². The summed E-state index contributed by atoms with van der Waals surface area (Å²) in [7, 11) is 1.51. The van der Waals surface area contributed by atoms with E-state index < -0.39 is 5.97 Å². The molecule has 2 aromatic rings. The number of ether oxygens (including phenoxy) is 1. The van der Waals surface area contributed by atoms with Crippen LogP contribution in [0, 0.1) is 0 Å². The second-order valence-electron chi connectivity index (χ2n) is 3.84. The quantitative estimate of drug-likeness (QED) is 0.915. The van der Waals surface area contributed by atoms with Crippen LogP contribution in [-0.4, -0.2) is 18.2 Å². The Kier molecular flexibility index (Phi) is 3.98. The van der Waals surface area contributed by atoms with Crippen LogP contribution in [0.4, 0.5) is 0 Å². The molecule has 0 aromatic heterocycles. The van der Waals surface area contributed by atoms with E-state index >= 15 is 0 Å². The first-order chi connectivity index (χ1) is 9.02. The lowest BCUT2D eigenvalue weighted by molar-refractivity contribution is 0.0697. The van der Waals surface area contributed by atoms with E-state index in [2.05, 4.69) is 0 Å². The summed E-state index contributed by atoms with van der Waals surface area (Å²) in [6.07, 6.45) is 0. The third-order valence-electron chi connectivity index (χ3n) is 2.67. The summed E-state index contributed by atoms with van der Waals surface area (Å²) >= 11 is 12.1. The van der Waals surface area contributed by atoms with Crippen molar-refractivity contribution in [2.45, 2.75) is 0 Å². The predicted molar refractivity (Wildman–Crippen MR) is 75.4 cm³/mol. The van der Waals surface area contributed by atoms with Crippen LogP contribution in [0.3, 0.4) is 0 Å². The SMILES string of the molecule is COc1ccc(C(=O)O)cc1-c1cc(Cl)ccc1Cl. The van der Waals surface area contributed by atoms with Gasteiger partial charge in [-0.15, -0.1) is 0 Å².